The molecular weight excluding hydrogens is 252 g/mol. The zero-order valence-electron chi connectivity index (χ0n) is 13.6. The van der Waals surface area contributed by atoms with E-state index in [-0.39, 0.29) is 11.1 Å². The van der Waals surface area contributed by atoms with Crippen LogP contribution in [-0.2, 0) is 4.43 Å². The summed E-state index contributed by atoms with van der Waals surface area (Å²) in [4.78, 5) is 0. The fourth-order valence-electron chi connectivity index (χ4n) is 1.12. The van der Waals surface area contributed by atoms with Gasteiger partial charge < -0.3 is 4.43 Å². The van der Waals surface area contributed by atoms with Gasteiger partial charge in [0.2, 0.25) is 0 Å². The normalized spacial score (nSPS) is 15.4. The molecule has 104 valence electrons. The van der Waals surface area contributed by atoms with Crippen LogP contribution in [-0.4, -0.2) is 22.5 Å². The average molecular weight is 283 g/mol. The van der Waals surface area contributed by atoms with Gasteiger partial charge in [0.1, 0.15) is 8.07 Å². The highest BCUT2D eigenvalue weighted by Crippen LogP contribution is 2.37. The third-order valence-electron chi connectivity index (χ3n) is 3.18. The Morgan fingerprint density at radius 1 is 1.06 bits per heavy atom. The van der Waals surface area contributed by atoms with Crippen molar-refractivity contribution in [2.24, 2.45) is 0 Å². The maximum Gasteiger partial charge on any atom is 0.192 e. The van der Waals surface area contributed by atoms with Crippen LogP contribution in [0.5, 0.6) is 0 Å². The zero-order chi connectivity index (χ0) is 14.6. The molecule has 3 heteroatoms. The van der Waals surface area contributed by atoms with E-state index in [1.165, 1.54) is 0 Å². The quantitative estimate of drug-likeness (QED) is 0.532. The number of hydrogen-bond donors (Lipinski definition) is 0. The number of allylic oxidation sites excluding steroid dienone is 1. The molecule has 0 aliphatic carbocycles. The minimum atomic E-state index is -1.66. The van der Waals surface area contributed by atoms with E-state index in [9.17, 15) is 0 Å². The summed E-state index contributed by atoms with van der Waals surface area (Å²) < 4.78 is 6.23. The second-order valence-corrected chi connectivity index (χ2v) is 17.0. The number of rotatable bonds is 3. The second kappa shape index (κ2) is 6.23. The van der Waals surface area contributed by atoms with E-state index in [0.717, 1.165) is 0 Å². The van der Waals surface area contributed by atoms with Crippen molar-refractivity contribution in [1.29, 1.82) is 0 Å². The largest absolute Gasteiger partial charge is 0.411 e. The van der Waals surface area contributed by atoms with E-state index >= 15 is 0 Å². The minimum Gasteiger partial charge on any atom is -0.411 e. The van der Waals surface area contributed by atoms with Crippen LogP contribution in [0.25, 0.3) is 0 Å². The SMILES string of the molecule is CC(/C=C/C#C[Si](C)(C)C)O[Si](C)(C)C(C)(C)C. The Morgan fingerprint density at radius 2 is 1.56 bits per heavy atom. The predicted molar refractivity (Wildman–Crippen MR) is 88.0 cm³/mol. The van der Waals surface area contributed by atoms with Gasteiger partial charge in [0.25, 0.3) is 0 Å². The molecule has 0 bridgehead atoms. The molecule has 0 heterocycles. The summed E-state index contributed by atoms with van der Waals surface area (Å²) >= 11 is 0. The molecule has 0 saturated heterocycles. The maximum atomic E-state index is 6.23. The average Bonchev–Trinajstić information content (AvgIpc) is 2.08. The summed E-state index contributed by atoms with van der Waals surface area (Å²) in [7, 11) is -2.91. The molecule has 18 heavy (non-hydrogen) atoms. The smallest absolute Gasteiger partial charge is 0.192 e. The topological polar surface area (TPSA) is 9.23 Å². The van der Waals surface area contributed by atoms with Crippen molar-refractivity contribution in [2.75, 3.05) is 0 Å². The molecule has 0 spiro atoms. The molecule has 0 N–H and O–H groups in total. The highest BCUT2D eigenvalue weighted by Gasteiger charge is 2.37. The molecule has 0 aliphatic heterocycles. The third-order valence-corrected chi connectivity index (χ3v) is 8.65. The molecule has 0 aliphatic rings. The first kappa shape index (κ1) is 17.7. The third kappa shape index (κ3) is 7.20. The van der Waals surface area contributed by atoms with Crippen LogP contribution in [0.1, 0.15) is 27.7 Å². The molecule has 0 radical (unpaired) electrons. The van der Waals surface area contributed by atoms with E-state index in [0.29, 0.717) is 0 Å². The molecule has 0 aromatic heterocycles. The van der Waals surface area contributed by atoms with Crippen LogP contribution in [0.3, 0.4) is 0 Å². The highest BCUT2D eigenvalue weighted by atomic mass is 28.4. The van der Waals surface area contributed by atoms with Gasteiger partial charge in [0, 0.05) is 0 Å². The lowest BCUT2D eigenvalue weighted by Gasteiger charge is -2.37. The van der Waals surface area contributed by atoms with Crippen LogP contribution in [0.4, 0.5) is 0 Å². The Labute approximate surface area is 116 Å². The lowest BCUT2D eigenvalue weighted by Crippen LogP contribution is -2.42. The van der Waals surface area contributed by atoms with Gasteiger partial charge in [-0.05, 0) is 37.2 Å². The van der Waals surface area contributed by atoms with Crippen LogP contribution in [0.15, 0.2) is 12.2 Å². The van der Waals surface area contributed by atoms with Gasteiger partial charge in [-0.2, -0.15) is 0 Å². The van der Waals surface area contributed by atoms with Gasteiger partial charge in [-0.15, -0.1) is 5.54 Å². The fraction of sp³-hybridized carbons (Fsp3) is 0.733. The van der Waals surface area contributed by atoms with Crippen molar-refractivity contribution in [3.8, 4) is 11.5 Å². The summed E-state index contributed by atoms with van der Waals surface area (Å²) in [6, 6.07) is 0. The van der Waals surface area contributed by atoms with E-state index in [1.807, 2.05) is 6.08 Å². The first-order valence-corrected chi connectivity index (χ1v) is 13.1. The molecule has 0 aromatic rings. The summed E-state index contributed by atoms with van der Waals surface area (Å²) in [6.45, 7) is 20.2. The molecule has 0 amide bonds. The Kier molecular flexibility index (Phi) is 6.12. The molecule has 0 saturated carbocycles. The van der Waals surface area contributed by atoms with Crippen LogP contribution >= 0.6 is 0 Å². The van der Waals surface area contributed by atoms with Crippen LogP contribution in [0.2, 0.25) is 37.8 Å². The minimum absolute atomic E-state index is 0.154. The van der Waals surface area contributed by atoms with Gasteiger partial charge >= 0.3 is 0 Å². The summed E-state index contributed by atoms with van der Waals surface area (Å²) in [5.74, 6) is 3.15. The lowest BCUT2D eigenvalue weighted by molar-refractivity contribution is 0.243. The van der Waals surface area contributed by atoms with Crippen LogP contribution < -0.4 is 0 Å². The van der Waals surface area contributed by atoms with Crippen molar-refractivity contribution < 1.29 is 4.43 Å². The monoisotopic (exact) mass is 282 g/mol. The van der Waals surface area contributed by atoms with Gasteiger partial charge in [-0.25, -0.2) is 0 Å². The maximum absolute atomic E-state index is 6.23. The van der Waals surface area contributed by atoms with Gasteiger partial charge in [0.05, 0.1) is 6.10 Å². The molecule has 0 aromatic carbocycles. The number of hydrogen-bond acceptors (Lipinski definition) is 1. The van der Waals surface area contributed by atoms with Crippen molar-refractivity contribution in [3.63, 3.8) is 0 Å². The Bertz CT molecular complexity index is 345. The van der Waals surface area contributed by atoms with Crippen molar-refractivity contribution in [2.45, 2.75) is 71.6 Å². The van der Waals surface area contributed by atoms with Gasteiger partial charge in [-0.1, -0.05) is 46.3 Å². The Hall–Kier alpha value is -0.306. The van der Waals surface area contributed by atoms with Crippen molar-refractivity contribution in [1.82, 2.24) is 0 Å². The van der Waals surface area contributed by atoms with Gasteiger partial charge in [0.15, 0.2) is 8.32 Å². The highest BCUT2D eigenvalue weighted by molar-refractivity contribution is 6.83. The first-order valence-electron chi connectivity index (χ1n) is 6.72. The van der Waals surface area contributed by atoms with Crippen molar-refractivity contribution >= 4 is 16.4 Å². The molecule has 1 unspecified atom stereocenters. The summed E-state index contributed by atoms with van der Waals surface area (Å²) in [5.41, 5.74) is 3.33. The summed E-state index contributed by atoms with van der Waals surface area (Å²) in [6.07, 6.45) is 4.19. The molecule has 0 rings (SSSR count). The van der Waals surface area contributed by atoms with Crippen molar-refractivity contribution in [3.05, 3.63) is 12.2 Å². The zero-order valence-corrected chi connectivity index (χ0v) is 15.6. The first-order chi connectivity index (χ1) is 7.85. The molecule has 0 fully saturated rings. The fourth-order valence-corrected chi connectivity index (χ4v) is 3.00. The Balaban J connectivity index is 4.49. The van der Waals surface area contributed by atoms with E-state index < -0.39 is 16.4 Å². The van der Waals surface area contributed by atoms with Gasteiger partial charge in [-0.3, -0.25) is 0 Å². The Morgan fingerprint density at radius 3 is 1.94 bits per heavy atom. The molecule has 1 atom stereocenters. The van der Waals surface area contributed by atoms with E-state index in [2.05, 4.69) is 78.0 Å². The second-order valence-electron chi connectivity index (χ2n) is 7.46. The standard InChI is InChI=1S/C15H30OSi2/c1-14(12-10-11-13-17(5,6)7)16-18(8,9)15(2,3)4/h10,12,14H,1-9H3/b12-10+. The predicted octanol–water partition coefficient (Wildman–Crippen LogP) is 4.83. The molecule has 1 nitrogen and oxygen atoms in total. The van der Waals surface area contributed by atoms with E-state index in [4.69, 9.17) is 4.43 Å². The molecular formula is C15H30OSi2. The lowest BCUT2D eigenvalue weighted by atomic mass is 10.2. The summed E-state index contributed by atoms with van der Waals surface area (Å²) in [5, 5.41) is 0.263. The van der Waals surface area contributed by atoms with E-state index in [1.54, 1.807) is 0 Å². The van der Waals surface area contributed by atoms with Crippen LogP contribution in [0, 0.1) is 11.5 Å².